The lowest BCUT2D eigenvalue weighted by molar-refractivity contribution is -0.121. The molecule has 28 heavy (non-hydrogen) atoms. The van der Waals surface area contributed by atoms with E-state index in [1.54, 1.807) is 0 Å². The molecule has 0 saturated carbocycles. The van der Waals surface area contributed by atoms with Gasteiger partial charge in [-0.3, -0.25) is 14.7 Å². The van der Waals surface area contributed by atoms with Gasteiger partial charge in [0.05, 0.1) is 17.2 Å². The summed E-state index contributed by atoms with van der Waals surface area (Å²) in [4.78, 5) is 18.9. The minimum atomic E-state index is 0.0171. The van der Waals surface area contributed by atoms with Gasteiger partial charge < -0.3 is 10.1 Å². The molecule has 1 spiro atoms. The van der Waals surface area contributed by atoms with E-state index in [0.717, 1.165) is 44.5 Å². The molecule has 2 aromatic rings. The topological polar surface area (TPSA) is 54.5 Å². The maximum Gasteiger partial charge on any atom is 0.219 e. The highest BCUT2D eigenvalue weighted by molar-refractivity contribution is 5.78. The van der Waals surface area contributed by atoms with Crippen molar-refractivity contribution >= 4 is 16.8 Å². The van der Waals surface area contributed by atoms with E-state index in [0.29, 0.717) is 24.4 Å². The number of nitrogens with zero attached hydrogens (tertiary/aromatic N) is 2. The highest BCUT2D eigenvalue weighted by Gasteiger charge is 2.62. The summed E-state index contributed by atoms with van der Waals surface area (Å²) in [5, 5.41) is 4.36. The van der Waals surface area contributed by atoms with Crippen LogP contribution < -0.4 is 5.32 Å². The van der Waals surface area contributed by atoms with Crippen molar-refractivity contribution in [2.24, 2.45) is 11.8 Å². The fourth-order valence-electron chi connectivity index (χ4n) is 5.71. The fraction of sp³-hybridized carbons (Fsp3) is 0.565. The predicted molar refractivity (Wildman–Crippen MR) is 109 cm³/mol. The first-order chi connectivity index (χ1) is 13.7. The van der Waals surface area contributed by atoms with Crippen LogP contribution in [0.3, 0.4) is 0 Å². The van der Waals surface area contributed by atoms with Crippen molar-refractivity contribution in [1.82, 2.24) is 15.2 Å². The van der Waals surface area contributed by atoms with E-state index < -0.39 is 0 Å². The smallest absolute Gasteiger partial charge is 0.219 e. The molecule has 2 bridgehead atoms. The van der Waals surface area contributed by atoms with E-state index >= 15 is 0 Å². The molecule has 5 heteroatoms. The predicted octanol–water partition coefficient (Wildman–Crippen LogP) is 3.13. The molecule has 3 aliphatic rings. The van der Waals surface area contributed by atoms with Crippen LogP contribution in [0.2, 0.25) is 0 Å². The molecule has 3 fully saturated rings. The summed E-state index contributed by atoms with van der Waals surface area (Å²) >= 11 is 0. The first-order valence-corrected chi connectivity index (χ1v) is 10.7. The van der Waals surface area contributed by atoms with Crippen LogP contribution in [0.4, 0.5) is 0 Å². The molecular weight excluding hydrogens is 350 g/mol. The number of carbonyl (C=O) groups is 1. The monoisotopic (exact) mass is 379 g/mol. The lowest BCUT2D eigenvalue weighted by atomic mass is 9.73. The average Bonchev–Trinajstić information content (AvgIpc) is 3.34. The molecule has 4 heterocycles. The van der Waals surface area contributed by atoms with Crippen molar-refractivity contribution < 1.29 is 9.53 Å². The molecule has 5 rings (SSSR count). The molecule has 3 aliphatic heterocycles. The Morgan fingerprint density at radius 3 is 3.21 bits per heavy atom. The summed E-state index contributed by atoms with van der Waals surface area (Å²) in [5.41, 5.74) is 2.40. The molecule has 148 valence electrons. The maximum absolute atomic E-state index is 11.9. The molecule has 1 N–H and O–H groups in total. The standard InChI is InChI=1S/C23H29N3O2/c1-2-4-22(27)25-12-18-19-14-26(15-23(19)9-8-21(18)28-23)13-16-6-7-20-17(11-16)5-3-10-24-20/h3,5-7,10-11,18-19,21H,2,4,8-9,12-15H2,1H3,(H,25,27)/t18-,19+,21+,23+/m0/s1. The molecule has 0 unspecified atom stereocenters. The van der Waals surface area contributed by atoms with Crippen molar-refractivity contribution in [3.05, 3.63) is 42.1 Å². The molecule has 1 aromatic heterocycles. The minimum absolute atomic E-state index is 0.0171. The van der Waals surface area contributed by atoms with Gasteiger partial charge in [0.25, 0.3) is 0 Å². The molecular formula is C23H29N3O2. The summed E-state index contributed by atoms with van der Waals surface area (Å²) in [6.07, 6.45) is 6.01. The first kappa shape index (κ1) is 18.1. The largest absolute Gasteiger partial charge is 0.370 e. The SMILES string of the molecule is CCCC(=O)NC[C@H]1[C@H]2CN(Cc3ccc4ncccc4c3)C[C@]23CC[C@H]1O3. The zero-order chi connectivity index (χ0) is 19.1. The number of pyridine rings is 1. The summed E-state index contributed by atoms with van der Waals surface area (Å²) in [6, 6.07) is 10.7. The van der Waals surface area contributed by atoms with E-state index in [4.69, 9.17) is 4.74 Å². The van der Waals surface area contributed by atoms with Gasteiger partial charge in [0.15, 0.2) is 0 Å². The van der Waals surface area contributed by atoms with Gasteiger partial charge >= 0.3 is 0 Å². The Morgan fingerprint density at radius 1 is 1.39 bits per heavy atom. The lowest BCUT2D eigenvalue weighted by Crippen LogP contribution is -2.41. The molecule has 1 amide bonds. The lowest BCUT2D eigenvalue weighted by Gasteiger charge is -2.29. The van der Waals surface area contributed by atoms with Gasteiger partial charge in [-0.2, -0.15) is 0 Å². The van der Waals surface area contributed by atoms with Gasteiger partial charge in [0.1, 0.15) is 0 Å². The number of amides is 1. The fourth-order valence-corrected chi connectivity index (χ4v) is 5.71. The molecule has 0 aliphatic carbocycles. The van der Waals surface area contributed by atoms with E-state index in [1.165, 1.54) is 17.4 Å². The number of fused-ring (bicyclic) bond motifs is 2. The highest BCUT2D eigenvalue weighted by atomic mass is 16.5. The number of ether oxygens (including phenoxy) is 1. The quantitative estimate of drug-likeness (QED) is 0.838. The summed E-state index contributed by atoms with van der Waals surface area (Å²) in [5.74, 6) is 1.18. The summed E-state index contributed by atoms with van der Waals surface area (Å²) < 4.78 is 6.52. The van der Waals surface area contributed by atoms with Gasteiger partial charge in [-0.15, -0.1) is 0 Å². The van der Waals surface area contributed by atoms with Crippen LogP contribution in [0.25, 0.3) is 10.9 Å². The van der Waals surface area contributed by atoms with Crippen LogP contribution in [0.1, 0.15) is 38.2 Å². The number of hydrogen-bond donors (Lipinski definition) is 1. The Labute approximate surface area is 166 Å². The van der Waals surface area contributed by atoms with Crippen LogP contribution in [0, 0.1) is 11.8 Å². The van der Waals surface area contributed by atoms with Crippen LogP contribution in [-0.2, 0) is 16.1 Å². The van der Waals surface area contributed by atoms with Crippen LogP contribution >= 0.6 is 0 Å². The minimum Gasteiger partial charge on any atom is -0.370 e. The average molecular weight is 380 g/mol. The second kappa shape index (κ2) is 7.12. The number of rotatable bonds is 6. The molecule has 4 atom stereocenters. The third kappa shape index (κ3) is 3.11. The van der Waals surface area contributed by atoms with Crippen molar-refractivity contribution in [3.8, 4) is 0 Å². The number of likely N-dealkylation sites (tertiary alicyclic amines) is 1. The number of carbonyl (C=O) groups excluding carboxylic acids is 1. The Balaban J connectivity index is 1.27. The molecule has 1 aromatic carbocycles. The number of aromatic nitrogens is 1. The summed E-state index contributed by atoms with van der Waals surface area (Å²) in [6.45, 7) is 5.85. The zero-order valence-electron chi connectivity index (χ0n) is 16.6. The maximum atomic E-state index is 11.9. The number of nitrogens with one attached hydrogen (secondary N) is 1. The van der Waals surface area contributed by atoms with E-state index in [2.05, 4.69) is 39.5 Å². The van der Waals surface area contributed by atoms with Crippen LogP contribution in [0.5, 0.6) is 0 Å². The van der Waals surface area contributed by atoms with Gasteiger partial charge in [0.2, 0.25) is 5.91 Å². The van der Waals surface area contributed by atoms with Gasteiger partial charge in [0, 0.05) is 56.0 Å². The van der Waals surface area contributed by atoms with Crippen molar-refractivity contribution in [1.29, 1.82) is 0 Å². The number of benzene rings is 1. The van der Waals surface area contributed by atoms with Crippen molar-refractivity contribution in [3.63, 3.8) is 0 Å². The van der Waals surface area contributed by atoms with Crippen molar-refractivity contribution in [2.45, 2.75) is 50.9 Å². The Morgan fingerprint density at radius 2 is 2.32 bits per heavy atom. The van der Waals surface area contributed by atoms with Crippen LogP contribution in [-0.4, -0.2) is 47.1 Å². The Bertz CT molecular complexity index is 885. The third-order valence-corrected chi connectivity index (χ3v) is 6.94. The van der Waals surface area contributed by atoms with E-state index in [9.17, 15) is 4.79 Å². The Hall–Kier alpha value is -1.98. The van der Waals surface area contributed by atoms with Gasteiger partial charge in [-0.25, -0.2) is 0 Å². The first-order valence-electron chi connectivity index (χ1n) is 10.7. The van der Waals surface area contributed by atoms with Crippen LogP contribution in [0.15, 0.2) is 36.5 Å². The summed E-state index contributed by atoms with van der Waals surface area (Å²) in [7, 11) is 0. The number of hydrogen-bond acceptors (Lipinski definition) is 4. The third-order valence-electron chi connectivity index (χ3n) is 6.94. The normalized spacial score (nSPS) is 31.4. The molecule has 5 nitrogen and oxygen atoms in total. The molecule has 3 saturated heterocycles. The van der Waals surface area contributed by atoms with Gasteiger partial charge in [-0.1, -0.05) is 19.1 Å². The Kier molecular flexibility index (Phi) is 4.60. The van der Waals surface area contributed by atoms with Gasteiger partial charge in [-0.05, 0) is 43.0 Å². The second-order valence-electron chi connectivity index (χ2n) is 8.78. The second-order valence-corrected chi connectivity index (χ2v) is 8.78. The molecule has 0 radical (unpaired) electrons. The van der Waals surface area contributed by atoms with E-state index in [1.807, 2.05) is 19.2 Å². The van der Waals surface area contributed by atoms with E-state index in [-0.39, 0.29) is 11.5 Å². The zero-order valence-corrected chi connectivity index (χ0v) is 16.6. The highest BCUT2D eigenvalue weighted by Crippen LogP contribution is 2.54. The van der Waals surface area contributed by atoms with Crippen molar-refractivity contribution in [2.75, 3.05) is 19.6 Å².